The second-order valence-corrected chi connectivity index (χ2v) is 8.51. The lowest BCUT2D eigenvalue weighted by Gasteiger charge is -2.37. The van der Waals surface area contributed by atoms with Gasteiger partial charge in [0, 0.05) is 31.6 Å². The highest BCUT2D eigenvalue weighted by atomic mass is 35.5. The molecule has 2 aliphatic heterocycles. The molecule has 1 saturated carbocycles. The Labute approximate surface area is 178 Å². The predicted molar refractivity (Wildman–Crippen MR) is 111 cm³/mol. The van der Waals surface area contributed by atoms with Gasteiger partial charge in [0.25, 0.3) is 0 Å². The van der Waals surface area contributed by atoms with Crippen LogP contribution in [0.5, 0.6) is 0 Å². The van der Waals surface area contributed by atoms with Crippen molar-refractivity contribution in [3.63, 3.8) is 0 Å². The van der Waals surface area contributed by atoms with Gasteiger partial charge >= 0.3 is 5.97 Å². The van der Waals surface area contributed by atoms with Crippen LogP contribution in [0, 0.1) is 11.7 Å². The van der Waals surface area contributed by atoms with Gasteiger partial charge in [-0.25, -0.2) is 9.18 Å². The molecule has 3 aliphatic rings. The van der Waals surface area contributed by atoms with Gasteiger partial charge in [0.2, 0.25) is 5.91 Å². The molecule has 0 aromatic heterocycles. The number of likely N-dealkylation sites (N-methyl/N-ethyl adjacent to an activating group) is 1. The van der Waals surface area contributed by atoms with Gasteiger partial charge in [-0.15, -0.1) is 12.4 Å². The van der Waals surface area contributed by atoms with E-state index >= 15 is 0 Å². The number of fused-ring (bicyclic) bond motifs is 2. The number of hydrogen-bond donors (Lipinski definition) is 0. The molecule has 29 heavy (non-hydrogen) atoms. The van der Waals surface area contributed by atoms with Crippen LogP contribution in [0.3, 0.4) is 0 Å². The second-order valence-electron chi connectivity index (χ2n) is 8.51. The Balaban J connectivity index is 0.00000240. The van der Waals surface area contributed by atoms with Crippen molar-refractivity contribution in [2.45, 2.75) is 50.5 Å². The highest BCUT2D eigenvalue weighted by molar-refractivity contribution is 5.94. The molecular weight excluding hydrogens is 395 g/mol. The third kappa shape index (κ3) is 4.43. The Morgan fingerprint density at radius 2 is 1.93 bits per heavy atom. The molecule has 0 atom stereocenters. The van der Waals surface area contributed by atoms with Crippen LogP contribution in [-0.4, -0.2) is 54.9 Å². The zero-order valence-corrected chi connectivity index (χ0v) is 17.8. The average molecular weight is 425 g/mol. The molecule has 160 valence electrons. The number of halogens is 2. The summed E-state index contributed by atoms with van der Waals surface area (Å²) in [6, 6.07) is 4.31. The summed E-state index contributed by atoms with van der Waals surface area (Å²) < 4.78 is 19.2. The fourth-order valence-corrected chi connectivity index (χ4v) is 4.97. The summed E-state index contributed by atoms with van der Waals surface area (Å²) in [6.07, 6.45) is 6.45. The first kappa shape index (κ1) is 22.0. The van der Waals surface area contributed by atoms with E-state index in [2.05, 4.69) is 4.90 Å². The van der Waals surface area contributed by atoms with Crippen LogP contribution in [0.15, 0.2) is 18.2 Å². The molecular formula is C22H30ClFN2O3. The molecule has 4 rings (SSSR count). The minimum absolute atomic E-state index is 0. The summed E-state index contributed by atoms with van der Waals surface area (Å²) in [4.78, 5) is 29.4. The number of ether oxygens (including phenoxy) is 1. The molecule has 0 unspecified atom stereocenters. The largest absolute Gasteiger partial charge is 0.451 e. The number of hydrogen-bond acceptors (Lipinski definition) is 4. The van der Waals surface area contributed by atoms with Crippen LogP contribution in [0.4, 0.5) is 4.39 Å². The third-order valence-corrected chi connectivity index (χ3v) is 6.70. The molecule has 0 N–H and O–H groups in total. The van der Waals surface area contributed by atoms with Gasteiger partial charge in [0.05, 0.1) is 5.56 Å². The monoisotopic (exact) mass is 424 g/mol. The Bertz CT molecular complexity index is 758. The Kier molecular flexibility index (Phi) is 6.84. The fraction of sp³-hybridized carbons (Fsp3) is 0.636. The van der Waals surface area contributed by atoms with E-state index in [1.807, 2.05) is 11.9 Å². The normalized spacial score (nSPS) is 26.6. The van der Waals surface area contributed by atoms with E-state index in [0.717, 1.165) is 31.7 Å². The standard InChI is InChI=1S/C22H29FN2O3.ClH/c1-24(13-14-25-11-3-2-4-12-25)20(26)16-7-9-22(10-8-16)19-6-5-17(23)15-18(19)21(27)28-22;/h5-6,15-16H,2-4,7-14H2,1H3;1H/t16-,22-;. The van der Waals surface area contributed by atoms with Crippen molar-refractivity contribution in [1.29, 1.82) is 0 Å². The van der Waals surface area contributed by atoms with Gasteiger partial charge in [-0.2, -0.15) is 0 Å². The molecule has 1 saturated heterocycles. The summed E-state index contributed by atoms with van der Waals surface area (Å²) in [6.45, 7) is 3.98. The molecule has 0 radical (unpaired) electrons. The number of likely N-dealkylation sites (tertiary alicyclic amines) is 1. The van der Waals surface area contributed by atoms with Gasteiger partial charge in [-0.1, -0.05) is 12.5 Å². The molecule has 2 heterocycles. The summed E-state index contributed by atoms with van der Waals surface area (Å²) in [7, 11) is 1.89. The van der Waals surface area contributed by atoms with Crippen molar-refractivity contribution in [3.8, 4) is 0 Å². The van der Waals surface area contributed by atoms with Crippen molar-refractivity contribution >= 4 is 24.3 Å². The number of carbonyl (C=O) groups excluding carboxylic acids is 2. The lowest BCUT2D eigenvalue weighted by Crippen LogP contribution is -2.43. The fourth-order valence-electron chi connectivity index (χ4n) is 4.97. The maximum absolute atomic E-state index is 13.5. The number of nitrogens with zero attached hydrogens (tertiary/aromatic N) is 2. The van der Waals surface area contributed by atoms with Crippen LogP contribution >= 0.6 is 12.4 Å². The highest BCUT2D eigenvalue weighted by Gasteiger charge is 2.48. The van der Waals surface area contributed by atoms with E-state index in [9.17, 15) is 14.0 Å². The predicted octanol–water partition coefficient (Wildman–Crippen LogP) is 3.75. The summed E-state index contributed by atoms with van der Waals surface area (Å²) in [5.74, 6) is -0.708. The Hall–Kier alpha value is -1.66. The zero-order valence-electron chi connectivity index (χ0n) is 17.0. The first-order chi connectivity index (χ1) is 13.5. The van der Waals surface area contributed by atoms with Crippen LogP contribution in [-0.2, 0) is 15.1 Å². The molecule has 1 aliphatic carbocycles. The van der Waals surface area contributed by atoms with E-state index in [1.54, 1.807) is 6.07 Å². The van der Waals surface area contributed by atoms with Crippen LogP contribution in [0.25, 0.3) is 0 Å². The van der Waals surface area contributed by atoms with Crippen LogP contribution < -0.4 is 0 Å². The van der Waals surface area contributed by atoms with Crippen LogP contribution in [0.1, 0.15) is 60.9 Å². The summed E-state index contributed by atoms with van der Waals surface area (Å²) >= 11 is 0. The second kappa shape index (κ2) is 9.00. The van der Waals surface area contributed by atoms with Crippen molar-refractivity contribution in [3.05, 3.63) is 35.1 Å². The SMILES string of the molecule is CN(CCN1CCCCC1)C(=O)[C@H]1CC[C@@]2(CC1)OC(=O)c1cc(F)ccc12.Cl. The Morgan fingerprint density at radius 1 is 1.24 bits per heavy atom. The topological polar surface area (TPSA) is 49.9 Å². The minimum Gasteiger partial charge on any atom is -0.451 e. The van der Waals surface area contributed by atoms with Gasteiger partial charge in [0.1, 0.15) is 11.4 Å². The van der Waals surface area contributed by atoms with E-state index < -0.39 is 17.4 Å². The first-order valence-corrected chi connectivity index (χ1v) is 10.5. The molecule has 1 amide bonds. The maximum atomic E-state index is 13.5. The maximum Gasteiger partial charge on any atom is 0.339 e. The summed E-state index contributed by atoms with van der Waals surface area (Å²) in [5, 5.41) is 0. The summed E-state index contributed by atoms with van der Waals surface area (Å²) in [5.41, 5.74) is 0.440. The number of carbonyl (C=O) groups is 2. The van der Waals surface area contributed by atoms with Gasteiger partial charge in [0.15, 0.2) is 0 Å². The van der Waals surface area contributed by atoms with E-state index in [1.165, 1.54) is 31.4 Å². The van der Waals surface area contributed by atoms with Gasteiger partial charge < -0.3 is 14.5 Å². The zero-order chi connectivity index (χ0) is 19.7. The molecule has 5 nitrogen and oxygen atoms in total. The third-order valence-electron chi connectivity index (χ3n) is 6.70. The number of benzene rings is 1. The molecule has 7 heteroatoms. The Morgan fingerprint density at radius 3 is 2.62 bits per heavy atom. The highest BCUT2D eigenvalue weighted by Crippen LogP contribution is 2.48. The van der Waals surface area contributed by atoms with Gasteiger partial charge in [-0.05, 0) is 63.7 Å². The van der Waals surface area contributed by atoms with Gasteiger partial charge in [-0.3, -0.25) is 4.79 Å². The van der Waals surface area contributed by atoms with Crippen molar-refractivity contribution in [1.82, 2.24) is 9.80 Å². The molecule has 1 spiro atoms. The lowest BCUT2D eigenvalue weighted by atomic mass is 9.74. The van der Waals surface area contributed by atoms with Crippen molar-refractivity contribution < 1.29 is 18.7 Å². The van der Waals surface area contributed by atoms with Crippen LogP contribution in [0.2, 0.25) is 0 Å². The lowest BCUT2D eigenvalue weighted by molar-refractivity contribution is -0.137. The minimum atomic E-state index is -0.677. The van der Waals surface area contributed by atoms with E-state index in [-0.39, 0.29) is 24.2 Å². The smallest absolute Gasteiger partial charge is 0.339 e. The van der Waals surface area contributed by atoms with Crippen molar-refractivity contribution in [2.75, 3.05) is 33.2 Å². The number of esters is 1. The van der Waals surface area contributed by atoms with E-state index in [0.29, 0.717) is 31.2 Å². The molecule has 1 aromatic rings. The molecule has 2 fully saturated rings. The quantitative estimate of drug-likeness (QED) is 0.691. The molecule has 1 aromatic carbocycles. The van der Waals surface area contributed by atoms with Crippen molar-refractivity contribution in [2.24, 2.45) is 5.92 Å². The molecule has 0 bridgehead atoms. The first-order valence-electron chi connectivity index (χ1n) is 10.5. The number of rotatable bonds is 4. The number of amides is 1. The average Bonchev–Trinajstić information content (AvgIpc) is 2.97. The van der Waals surface area contributed by atoms with E-state index in [4.69, 9.17) is 4.74 Å². The number of piperidine rings is 1.